The van der Waals surface area contributed by atoms with Gasteiger partial charge in [0, 0.05) is 13.1 Å². The zero-order valence-electron chi connectivity index (χ0n) is 14.4. The Kier molecular flexibility index (Phi) is 6.23. The predicted octanol–water partition coefficient (Wildman–Crippen LogP) is 2.96. The molecule has 134 valence electrons. The molecule has 0 unspecified atom stereocenters. The van der Waals surface area contributed by atoms with Gasteiger partial charge in [-0.15, -0.1) is 0 Å². The monoisotopic (exact) mass is 355 g/mol. The molecule has 1 fully saturated rings. The molecule has 1 aromatic rings. The largest absolute Gasteiger partial charge is 0.449 e. The van der Waals surface area contributed by atoms with Gasteiger partial charge in [-0.1, -0.05) is 31.5 Å². The van der Waals surface area contributed by atoms with Crippen LogP contribution < -0.4 is 0 Å². The van der Waals surface area contributed by atoms with E-state index in [1.54, 1.807) is 29.2 Å². The first-order chi connectivity index (χ1) is 11.3. The van der Waals surface area contributed by atoms with Crippen LogP contribution in [0.5, 0.6) is 0 Å². The van der Waals surface area contributed by atoms with Crippen LogP contribution in [0.3, 0.4) is 0 Å². The minimum Gasteiger partial charge on any atom is -0.449 e. The Morgan fingerprint density at radius 3 is 2.33 bits per heavy atom. The van der Waals surface area contributed by atoms with Crippen molar-refractivity contribution in [3.63, 3.8) is 0 Å². The summed E-state index contributed by atoms with van der Waals surface area (Å²) >= 11 is 0. The molecule has 0 saturated carbocycles. The van der Waals surface area contributed by atoms with Crippen LogP contribution in [0, 0.1) is 12.8 Å². The smallest absolute Gasteiger partial charge is 0.409 e. The number of nitrogens with zero attached hydrogens (tertiary/aromatic N) is 1. The van der Waals surface area contributed by atoms with Crippen molar-refractivity contribution in [2.75, 3.05) is 19.7 Å². The Hall–Kier alpha value is -1.60. The molecule has 0 bridgehead atoms. The molecule has 1 aliphatic rings. The fraction of sp³-hybridized carbons (Fsp3) is 0.588. The molecular formula is C17H25NO5S. The third kappa shape index (κ3) is 5.21. The molecule has 0 aromatic heterocycles. The Morgan fingerprint density at radius 2 is 1.79 bits per heavy atom. The van der Waals surface area contributed by atoms with Crippen molar-refractivity contribution in [1.29, 1.82) is 0 Å². The van der Waals surface area contributed by atoms with Crippen LogP contribution in [0.15, 0.2) is 29.2 Å². The normalized spacial score (nSPS) is 16.4. The van der Waals surface area contributed by atoms with Crippen LogP contribution >= 0.6 is 0 Å². The summed E-state index contributed by atoms with van der Waals surface area (Å²) in [4.78, 5) is 13.6. The number of rotatable bonds is 5. The SMILES string of the molecule is Cc1ccc(S(=O)(=O)OC2CCN(C(=O)OCC(C)C)CC2)cc1. The van der Waals surface area contributed by atoms with E-state index in [-0.39, 0.29) is 16.9 Å². The highest BCUT2D eigenvalue weighted by Gasteiger charge is 2.28. The topological polar surface area (TPSA) is 72.9 Å². The first-order valence-corrected chi connectivity index (χ1v) is 9.60. The van der Waals surface area contributed by atoms with Crippen LogP contribution in [0.1, 0.15) is 32.3 Å². The van der Waals surface area contributed by atoms with E-state index in [0.29, 0.717) is 32.5 Å². The summed E-state index contributed by atoms with van der Waals surface area (Å²) < 4.78 is 35.1. The van der Waals surface area contributed by atoms with E-state index in [4.69, 9.17) is 8.92 Å². The molecule has 0 aliphatic carbocycles. The third-order valence-corrected chi connectivity index (χ3v) is 5.19. The number of carbonyl (C=O) groups is 1. The van der Waals surface area contributed by atoms with Crippen molar-refractivity contribution in [2.24, 2.45) is 5.92 Å². The molecule has 0 radical (unpaired) electrons. The van der Waals surface area contributed by atoms with Crippen molar-refractivity contribution < 1.29 is 22.1 Å². The lowest BCUT2D eigenvalue weighted by Gasteiger charge is -2.31. The van der Waals surface area contributed by atoms with Gasteiger partial charge in [0.2, 0.25) is 0 Å². The molecule has 6 nitrogen and oxygen atoms in total. The van der Waals surface area contributed by atoms with Gasteiger partial charge in [0.15, 0.2) is 0 Å². The van der Waals surface area contributed by atoms with E-state index in [2.05, 4.69) is 0 Å². The summed E-state index contributed by atoms with van der Waals surface area (Å²) in [5.74, 6) is 0.287. The minimum atomic E-state index is -3.77. The number of aryl methyl sites for hydroxylation is 1. The molecule has 0 spiro atoms. The number of piperidine rings is 1. The summed E-state index contributed by atoms with van der Waals surface area (Å²) in [6, 6.07) is 6.57. The maximum Gasteiger partial charge on any atom is 0.409 e. The summed E-state index contributed by atoms with van der Waals surface area (Å²) in [6.07, 6.45) is 0.193. The van der Waals surface area contributed by atoms with Gasteiger partial charge in [-0.05, 0) is 37.8 Å². The lowest BCUT2D eigenvalue weighted by molar-refractivity contribution is 0.0637. The second-order valence-corrected chi connectivity index (χ2v) is 8.09. The molecule has 1 aromatic carbocycles. The molecule has 1 saturated heterocycles. The van der Waals surface area contributed by atoms with Crippen molar-refractivity contribution >= 4 is 16.2 Å². The number of benzene rings is 1. The van der Waals surface area contributed by atoms with Gasteiger partial charge in [0.25, 0.3) is 10.1 Å². The number of ether oxygens (including phenoxy) is 1. The number of likely N-dealkylation sites (tertiary alicyclic amines) is 1. The number of amides is 1. The van der Waals surface area contributed by atoms with E-state index in [0.717, 1.165) is 5.56 Å². The molecule has 1 amide bonds. The molecule has 1 heterocycles. The summed E-state index contributed by atoms with van der Waals surface area (Å²) in [7, 11) is -3.77. The maximum absolute atomic E-state index is 12.3. The lowest BCUT2D eigenvalue weighted by atomic mass is 10.1. The van der Waals surface area contributed by atoms with Gasteiger partial charge in [0.1, 0.15) is 0 Å². The van der Waals surface area contributed by atoms with E-state index in [1.807, 2.05) is 20.8 Å². The zero-order chi connectivity index (χ0) is 17.7. The van der Waals surface area contributed by atoms with Crippen LogP contribution in [-0.2, 0) is 19.0 Å². The summed E-state index contributed by atoms with van der Waals surface area (Å²) in [5, 5.41) is 0. The first kappa shape index (κ1) is 18.7. The second-order valence-electron chi connectivity index (χ2n) is 6.52. The number of hydrogen-bond acceptors (Lipinski definition) is 5. The molecular weight excluding hydrogens is 330 g/mol. The van der Waals surface area contributed by atoms with Crippen molar-refractivity contribution in [3.05, 3.63) is 29.8 Å². The highest BCUT2D eigenvalue weighted by molar-refractivity contribution is 7.86. The molecule has 0 atom stereocenters. The van der Waals surface area contributed by atoms with Crippen LogP contribution in [0.2, 0.25) is 0 Å². The minimum absolute atomic E-state index is 0.159. The van der Waals surface area contributed by atoms with Crippen molar-refractivity contribution in [1.82, 2.24) is 4.90 Å². The second kappa shape index (κ2) is 7.98. The van der Waals surface area contributed by atoms with Crippen molar-refractivity contribution in [2.45, 2.75) is 44.6 Å². The van der Waals surface area contributed by atoms with E-state index >= 15 is 0 Å². The van der Waals surface area contributed by atoms with Gasteiger partial charge in [-0.2, -0.15) is 8.42 Å². The lowest BCUT2D eigenvalue weighted by Crippen LogP contribution is -2.42. The fourth-order valence-electron chi connectivity index (χ4n) is 2.40. The average molecular weight is 355 g/mol. The Balaban J connectivity index is 1.86. The van der Waals surface area contributed by atoms with E-state index in [1.165, 1.54) is 0 Å². The Labute approximate surface area is 143 Å². The van der Waals surface area contributed by atoms with Crippen LogP contribution in [-0.4, -0.2) is 45.2 Å². The quantitative estimate of drug-likeness (QED) is 0.759. The van der Waals surface area contributed by atoms with E-state index < -0.39 is 16.2 Å². The van der Waals surface area contributed by atoms with Crippen LogP contribution in [0.4, 0.5) is 4.79 Å². The zero-order valence-corrected chi connectivity index (χ0v) is 15.2. The Bertz CT molecular complexity index is 646. The van der Waals surface area contributed by atoms with Crippen LogP contribution in [0.25, 0.3) is 0 Å². The van der Waals surface area contributed by atoms with Gasteiger partial charge in [-0.3, -0.25) is 4.18 Å². The third-order valence-electron chi connectivity index (χ3n) is 3.81. The molecule has 24 heavy (non-hydrogen) atoms. The van der Waals surface area contributed by atoms with Gasteiger partial charge in [-0.25, -0.2) is 4.79 Å². The first-order valence-electron chi connectivity index (χ1n) is 8.19. The average Bonchev–Trinajstić information content (AvgIpc) is 2.53. The molecule has 7 heteroatoms. The molecule has 2 rings (SSSR count). The highest BCUT2D eigenvalue weighted by Crippen LogP contribution is 2.21. The van der Waals surface area contributed by atoms with E-state index in [9.17, 15) is 13.2 Å². The van der Waals surface area contributed by atoms with Gasteiger partial charge >= 0.3 is 6.09 Å². The molecule has 0 N–H and O–H groups in total. The fourth-order valence-corrected chi connectivity index (χ4v) is 3.53. The van der Waals surface area contributed by atoms with Gasteiger partial charge < -0.3 is 9.64 Å². The molecule has 1 aliphatic heterocycles. The standard InChI is InChI=1S/C17H25NO5S/c1-13(2)12-22-17(19)18-10-8-15(9-11-18)23-24(20,21)16-6-4-14(3)5-7-16/h4-7,13,15H,8-12H2,1-3H3. The number of hydrogen-bond donors (Lipinski definition) is 0. The predicted molar refractivity (Wildman–Crippen MR) is 90.2 cm³/mol. The number of carbonyl (C=O) groups excluding carboxylic acids is 1. The summed E-state index contributed by atoms with van der Waals surface area (Å²) in [6.45, 7) is 7.10. The maximum atomic E-state index is 12.3. The summed E-state index contributed by atoms with van der Waals surface area (Å²) in [5.41, 5.74) is 0.988. The van der Waals surface area contributed by atoms with Crippen molar-refractivity contribution in [3.8, 4) is 0 Å². The Morgan fingerprint density at radius 1 is 1.21 bits per heavy atom. The van der Waals surface area contributed by atoms with Gasteiger partial charge in [0.05, 0.1) is 17.6 Å². The highest BCUT2D eigenvalue weighted by atomic mass is 32.2.